The zero-order chi connectivity index (χ0) is 34.5. The number of carbonyl (C=O) groups excluding carboxylic acids is 3. The van der Waals surface area contributed by atoms with E-state index in [4.69, 9.17) is 14.2 Å². The summed E-state index contributed by atoms with van der Waals surface area (Å²) in [6.07, 6.45) is 35.3. The number of esters is 3. The lowest BCUT2D eigenvalue weighted by Crippen LogP contribution is -2.30. The highest BCUT2D eigenvalue weighted by molar-refractivity contribution is 5.71. The molecule has 0 aliphatic rings. The first-order valence-electron chi connectivity index (χ1n) is 20.5. The van der Waals surface area contributed by atoms with Crippen LogP contribution in [0.4, 0.5) is 0 Å². The molecule has 0 atom stereocenters. The van der Waals surface area contributed by atoms with Gasteiger partial charge in [0.1, 0.15) is 13.2 Å². The van der Waals surface area contributed by atoms with Crippen LogP contribution in [0, 0.1) is 0 Å². The minimum atomic E-state index is -0.755. The highest BCUT2D eigenvalue weighted by atomic mass is 16.6. The molecule has 0 aromatic carbocycles. The van der Waals surface area contributed by atoms with Crippen molar-refractivity contribution in [3.63, 3.8) is 0 Å². The van der Waals surface area contributed by atoms with E-state index in [1.165, 1.54) is 128 Å². The van der Waals surface area contributed by atoms with Gasteiger partial charge in [0.25, 0.3) is 0 Å². The molecule has 0 aliphatic carbocycles. The highest BCUT2D eigenvalue weighted by Crippen LogP contribution is 2.15. The minimum Gasteiger partial charge on any atom is -0.462 e. The summed E-state index contributed by atoms with van der Waals surface area (Å²) >= 11 is 0. The zero-order valence-electron chi connectivity index (χ0n) is 31.6. The summed E-state index contributed by atoms with van der Waals surface area (Å²) in [7, 11) is 0. The smallest absolute Gasteiger partial charge is 0.306 e. The maximum Gasteiger partial charge on any atom is 0.306 e. The molecule has 0 aromatic heterocycles. The fourth-order valence-corrected chi connectivity index (χ4v) is 5.97. The normalized spacial score (nSPS) is 11.2. The molecule has 0 amide bonds. The third-order valence-corrected chi connectivity index (χ3v) is 9.11. The van der Waals surface area contributed by atoms with E-state index < -0.39 is 6.10 Å². The Morgan fingerprint density at radius 3 is 0.851 bits per heavy atom. The lowest BCUT2D eigenvalue weighted by Gasteiger charge is -2.18. The van der Waals surface area contributed by atoms with Crippen LogP contribution in [0.2, 0.25) is 0 Å². The first-order chi connectivity index (χ1) is 23.0. The standard InChI is InChI=1S/C41H78O6/c1-4-7-10-13-16-17-18-19-20-21-22-23-26-29-32-35-41(44)47-38(36-45-39(42)33-30-27-24-14-11-8-5-2)37-46-40(43)34-31-28-25-15-12-9-6-3/h38H,4-37H2,1-3H3. The van der Waals surface area contributed by atoms with Gasteiger partial charge < -0.3 is 14.2 Å². The Bertz CT molecular complexity index is 659. The van der Waals surface area contributed by atoms with E-state index in [9.17, 15) is 14.4 Å². The van der Waals surface area contributed by atoms with Gasteiger partial charge in [0.2, 0.25) is 0 Å². The maximum absolute atomic E-state index is 12.6. The fraction of sp³-hybridized carbons (Fsp3) is 0.927. The van der Waals surface area contributed by atoms with Gasteiger partial charge in [-0.3, -0.25) is 14.4 Å². The Morgan fingerprint density at radius 2 is 0.574 bits per heavy atom. The van der Waals surface area contributed by atoms with Crippen molar-refractivity contribution in [2.24, 2.45) is 0 Å². The van der Waals surface area contributed by atoms with Gasteiger partial charge in [-0.25, -0.2) is 0 Å². The molecule has 0 aliphatic heterocycles. The summed E-state index contributed by atoms with van der Waals surface area (Å²) in [5.41, 5.74) is 0. The first-order valence-corrected chi connectivity index (χ1v) is 20.5. The summed E-state index contributed by atoms with van der Waals surface area (Å²) in [5, 5.41) is 0. The van der Waals surface area contributed by atoms with E-state index in [0.29, 0.717) is 19.3 Å². The third-order valence-electron chi connectivity index (χ3n) is 9.11. The summed E-state index contributed by atoms with van der Waals surface area (Å²) in [6.45, 7) is 6.55. The number of rotatable bonds is 37. The molecule has 278 valence electrons. The molecule has 0 aromatic rings. The van der Waals surface area contributed by atoms with Crippen LogP contribution in [0.1, 0.15) is 226 Å². The van der Waals surface area contributed by atoms with Crippen LogP contribution in [0.25, 0.3) is 0 Å². The lowest BCUT2D eigenvalue weighted by atomic mass is 10.0. The van der Waals surface area contributed by atoms with E-state index in [-0.39, 0.29) is 31.1 Å². The topological polar surface area (TPSA) is 78.9 Å². The molecular weight excluding hydrogens is 588 g/mol. The van der Waals surface area contributed by atoms with Gasteiger partial charge >= 0.3 is 17.9 Å². The minimum absolute atomic E-state index is 0.0648. The van der Waals surface area contributed by atoms with Crippen molar-refractivity contribution in [1.29, 1.82) is 0 Å². The van der Waals surface area contributed by atoms with E-state index in [1.807, 2.05) is 0 Å². The van der Waals surface area contributed by atoms with Crippen molar-refractivity contribution in [3.8, 4) is 0 Å². The number of hydrogen-bond acceptors (Lipinski definition) is 6. The number of hydrogen-bond donors (Lipinski definition) is 0. The summed E-state index contributed by atoms with van der Waals surface area (Å²) < 4.78 is 16.5. The van der Waals surface area contributed by atoms with Crippen LogP contribution in [0.3, 0.4) is 0 Å². The van der Waals surface area contributed by atoms with Crippen LogP contribution in [0.15, 0.2) is 0 Å². The van der Waals surface area contributed by atoms with Crippen LogP contribution in [-0.4, -0.2) is 37.2 Å². The number of carbonyl (C=O) groups is 3. The molecule has 0 rings (SSSR count). The summed E-state index contributed by atoms with van der Waals surface area (Å²) in [5.74, 6) is -0.871. The van der Waals surface area contributed by atoms with Crippen molar-refractivity contribution < 1.29 is 28.6 Å². The van der Waals surface area contributed by atoms with Gasteiger partial charge in [0, 0.05) is 19.3 Å². The van der Waals surface area contributed by atoms with Crippen molar-refractivity contribution >= 4 is 17.9 Å². The highest BCUT2D eigenvalue weighted by Gasteiger charge is 2.19. The summed E-state index contributed by atoms with van der Waals surface area (Å²) in [4.78, 5) is 37.3. The number of unbranched alkanes of at least 4 members (excludes halogenated alkanes) is 26. The van der Waals surface area contributed by atoms with Gasteiger partial charge in [-0.05, 0) is 19.3 Å². The molecule has 0 spiro atoms. The molecule has 6 nitrogen and oxygen atoms in total. The maximum atomic E-state index is 12.6. The van der Waals surface area contributed by atoms with Gasteiger partial charge in [0.05, 0.1) is 0 Å². The third kappa shape index (κ3) is 35.5. The average molecular weight is 667 g/mol. The molecule has 0 saturated carbocycles. The van der Waals surface area contributed by atoms with Crippen molar-refractivity contribution in [2.45, 2.75) is 232 Å². The van der Waals surface area contributed by atoms with E-state index in [1.54, 1.807) is 0 Å². The first kappa shape index (κ1) is 45.4. The van der Waals surface area contributed by atoms with E-state index >= 15 is 0 Å². The predicted molar refractivity (Wildman–Crippen MR) is 197 cm³/mol. The summed E-state index contributed by atoms with van der Waals surface area (Å²) in [6, 6.07) is 0. The molecule has 0 unspecified atom stereocenters. The molecule has 0 heterocycles. The SMILES string of the molecule is CCCCCCCCCCCCCCCCCC(=O)OC(COC(=O)CCCCCCCCC)COC(=O)CCCCCCCCC. The molecule has 6 heteroatoms. The van der Waals surface area contributed by atoms with Crippen LogP contribution in [-0.2, 0) is 28.6 Å². The quantitative estimate of drug-likeness (QED) is 0.0373. The van der Waals surface area contributed by atoms with Gasteiger partial charge in [0.15, 0.2) is 6.10 Å². The van der Waals surface area contributed by atoms with Gasteiger partial charge in [-0.15, -0.1) is 0 Å². The Morgan fingerprint density at radius 1 is 0.340 bits per heavy atom. The Kier molecular flexibility index (Phi) is 36.0. The largest absolute Gasteiger partial charge is 0.462 e. The molecule has 0 radical (unpaired) electrons. The second-order valence-electron chi connectivity index (χ2n) is 13.9. The molecule has 0 fully saturated rings. The fourth-order valence-electron chi connectivity index (χ4n) is 5.97. The average Bonchev–Trinajstić information content (AvgIpc) is 3.06. The molecule has 0 saturated heterocycles. The van der Waals surface area contributed by atoms with Crippen molar-refractivity contribution in [2.75, 3.05) is 13.2 Å². The van der Waals surface area contributed by atoms with Crippen LogP contribution >= 0.6 is 0 Å². The Labute approximate surface area is 291 Å². The lowest BCUT2D eigenvalue weighted by molar-refractivity contribution is -0.167. The zero-order valence-corrected chi connectivity index (χ0v) is 31.6. The van der Waals surface area contributed by atoms with Crippen LogP contribution in [0.5, 0.6) is 0 Å². The molecular formula is C41H78O6. The van der Waals surface area contributed by atoms with Crippen LogP contribution < -0.4 is 0 Å². The molecule has 0 bridgehead atoms. The Hall–Kier alpha value is -1.59. The second kappa shape index (κ2) is 37.2. The molecule has 0 N–H and O–H groups in total. The second-order valence-corrected chi connectivity index (χ2v) is 13.9. The number of ether oxygens (including phenoxy) is 3. The van der Waals surface area contributed by atoms with E-state index in [0.717, 1.165) is 57.8 Å². The predicted octanol–water partition coefficient (Wildman–Crippen LogP) is 12.5. The molecule has 47 heavy (non-hydrogen) atoms. The van der Waals surface area contributed by atoms with E-state index in [2.05, 4.69) is 20.8 Å². The van der Waals surface area contributed by atoms with Gasteiger partial charge in [-0.1, -0.05) is 188 Å². The van der Waals surface area contributed by atoms with Crippen molar-refractivity contribution in [1.82, 2.24) is 0 Å². The van der Waals surface area contributed by atoms with Gasteiger partial charge in [-0.2, -0.15) is 0 Å². The Balaban J connectivity index is 4.23. The monoisotopic (exact) mass is 667 g/mol. The van der Waals surface area contributed by atoms with Crippen molar-refractivity contribution in [3.05, 3.63) is 0 Å².